The zero-order valence-electron chi connectivity index (χ0n) is 12.8. The molecule has 3 rings (SSSR count). The molecule has 1 atom stereocenters. The van der Waals surface area contributed by atoms with E-state index in [0.717, 1.165) is 11.1 Å². The van der Waals surface area contributed by atoms with E-state index in [0.29, 0.717) is 18.0 Å². The van der Waals surface area contributed by atoms with Crippen molar-refractivity contribution in [1.82, 2.24) is 5.32 Å². The van der Waals surface area contributed by atoms with Gasteiger partial charge in [-0.3, -0.25) is 9.59 Å². The molecule has 2 amide bonds. The summed E-state index contributed by atoms with van der Waals surface area (Å²) in [5.41, 5.74) is 2.50. The van der Waals surface area contributed by atoms with Crippen LogP contribution in [0.15, 0.2) is 48.5 Å². The van der Waals surface area contributed by atoms with Crippen molar-refractivity contribution in [3.63, 3.8) is 0 Å². The van der Waals surface area contributed by atoms with E-state index < -0.39 is 6.10 Å². The first-order valence-corrected chi connectivity index (χ1v) is 7.53. The summed E-state index contributed by atoms with van der Waals surface area (Å²) >= 11 is 0. The molecule has 0 spiro atoms. The number of carbonyl (C=O) groups excluding carboxylic acids is 2. The van der Waals surface area contributed by atoms with Crippen molar-refractivity contribution in [2.45, 2.75) is 26.0 Å². The van der Waals surface area contributed by atoms with Gasteiger partial charge in [-0.25, -0.2) is 0 Å². The third-order valence-electron chi connectivity index (χ3n) is 3.67. The Balaban J connectivity index is 1.61. The summed E-state index contributed by atoms with van der Waals surface area (Å²) in [5.74, 6) is 0.388. The van der Waals surface area contributed by atoms with Crippen LogP contribution in [0, 0.1) is 0 Å². The van der Waals surface area contributed by atoms with Crippen LogP contribution in [0.3, 0.4) is 0 Å². The summed E-state index contributed by atoms with van der Waals surface area (Å²) in [6, 6.07) is 15.1. The van der Waals surface area contributed by atoms with Crippen LogP contribution in [0.1, 0.15) is 18.1 Å². The molecule has 0 saturated carbocycles. The largest absolute Gasteiger partial charge is 0.479 e. The number of anilines is 1. The SMILES string of the molecule is CC1Oc2ccc(CC(=O)NCc3ccccc3)cc2NC1=O. The molecular weight excluding hydrogens is 292 g/mol. The van der Waals surface area contributed by atoms with E-state index in [4.69, 9.17) is 4.74 Å². The lowest BCUT2D eigenvalue weighted by atomic mass is 10.1. The normalized spacial score (nSPS) is 16.0. The predicted octanol–water partition coefficient (Wildman–Crippen LogP) is 2.26. The smallest absolute Gasteiger partial charge is 0.265 e. The minimum atomic E-state index is -0.498. The molecule has 2 N–H and O–H groups in total. The van der Waals surface area contributed by atoms with Gasteiger partial charge in [0.15, 0.2) is 6.10 Å². The Hall–Kier alpha value is -2.82. The van der Waals surface area contributed by atoms with E-state index in [2.05, 4.69) is 10.6 Å². The second-order valence-corrected chi connectivity index (χ2v) is 5.52. The van der Waals surface area contributed by atoms with Crippen molar-refractivity contribution in [3.05, 3.63) is 59.7 Å². The van der Waals surface area contributed by atoms with E-state index in [9.17, 15) is 9.59 Å². The molecule has 0 aliphatic carbocycles. The molecule has 1 aliphatic rings. The van der Waals surface area contributed by atoms with E-state index in [1.807, 2.05) is 36.4 Å². The van der Waals surface area contributed by atoms with E-state index in [1.165, 1.54) is 0 Å². The lowest BCUT2D eigenvalue weighted by molar-refractivity contribution is -0.122. The van der Waals surface area contributed by atoms with Crippen LogP contribution in [0.25, 0.3) is 0 Å². The number of hydrogen-bond acceptors (Lipinski definition) is 3. The standard InChI is InChI=1S/C18H18N2O3/c1-12-18(22)20-15-9-14(7-8-16(15)23-12)10-17(21)19-11-13-5-3-2-4-6-13/h2-9,12H,10-11H2,1H3,(H,19,21)(H,20,22). The lowest BCUT2D eigenvalue weighted by Gasteiger charge is -2.23. The van der Waals surface area contributed by atoms with Crippen molar-refractivity contribution in [2.75, 3.05) is 5.32 Å². The molecule has 0 aromatic heterocycles. The van der Waals surface area contributed by atoms with Crippen LogP contribution in [-0.2, 0) is 22.6 Å². The van der Waals surface area contributed by atoms with Gasteiger partial charge in [-0.15, -0.1) is 0 Å². The third-order valence-corrected chi connectivity index (χ3v) is 3.67. The van der Waals surface area contributed by atoms with Crippen LogP contribution in [-0.4, -0.2) is 17.9 Å². The number of carbonyl (C=O) groups is 2. The van der Waals surface area contributed by atoms with Gasteiger partial charge in [0.1, 0.15) is 5.75 Å². The highest BCUT2D eigenvalue weighted by molar-refractivity contribution is 5.97. The second kappa shape index (κ2) is 6.52. The number of amides is 2. The average Bonchev–Trinajstić information content (AvgIpc) is 2.55. The maximum absolute atomic E-state index is 12.0. The number of rotatable bonds is 4. The van der Waals surface area contributed by atoms with Gasteiger partial charge in [0.05, 0.1) is 12.1 Å². The number of fused-ring (bicyclic) bond motifs is 1. The van der Waals surface area contributed by atoms with E-state index >= 15 is 0 Å². The van der Waals surface area contributed by atoms with Crippen LogP contribution in [0.5, 0.6) is 5.75 Å². The predicted molar refractivity (Wildman–Crippen MR) is 87.2 cm³/mol. The third kappa shape index (κ3) is 3.69. The molecule has 0 saturated heterocycles. The van der Waals surface area contributed by atoms with Crippen molar-refractivity contribution < 1.29 is 14.3 Å². The van der Waals surface area contributed by atoms with E-state index in [-0.39, 0.29) is 18.2 Å². The Bertz CT molecular complexity index is 728. The molecule has 118 valence electrons. The first-order valence-electron chi connectivity index (χ1n) is 7.53. The molecule has 23 heavy (non-hydrogen) atoms. The van der Waals surface area contributed by atoms with Crippen LogP contribution in [0.2, 0.25) is 0 Å². The highest BCUT2D eigenvalue weighted by atomic mass is 16.5. The van der Waals surface area contributed by atoms with Crippen molar-refractivity contribution in [2.24, 2.45) is 0 Å². The Labute approximate surface area is 134 Å². The van der Waals surface area contributed by atoms with Crippen molar-refractivity contribution in [3.8, 4) is 5.75 Å². The number of benzene rings is 2. The maximum atomic E-state index is 12.0. The summed E-state index contributed by atoms with van der Waals surface area (Å²) in [6.45, 7) is 2.20. The first-order chi connectivity index (χ1) is 11.1. The zero-order chi connectivity index (χ0) is 16.2. The minimum absolute atomic E-state index is 0.0646. The van der Waals surface area contributed by atoms with E-state index in [1.54, 1.807) is 19.1 Å². The highest BCUT2D eigenvalue weighted by Crippen LogP contribution is 2.30. The Morgan fingerprint density at radius 3 is 2.74 bits per heavy atom. The van der Waals surface area contributed by atoms with Crippen LogP contribution < -0.4 is 15.4 Å². The lowest BCUT2D eigenvalue weighted by Crippen LogP contribution is -2.34. The molecule has 1 aliphatic heterocycles. The molecule has 1 unspecified atom stereocenters. The van der Waals surface area contributed by atoms with Crippen molar-refractivity contribution >= 4 is 17.5 Å². The van der Waals surface area contributed by atoms with Gasteiger partial charge in [0.2, 0.25) is 5.91 Å². The summed E-state index contributed by atoms with van der Waals surface area (Å²) < 4.78 is 5.50. The Morgan fingerprint density at radius 2 is 1.96 bits per heavy atom. The maximum Gasteiger partial charge on any atom is 0.265 e. The summed E-state index contributed by atoms with van der Waals surface area (Å²) in [5, 5.41) is 5.67. The zero-order valence-corrected chi connectivity index (χ0v) is 12.8. The quantitative estimate of drug-likeness (QED) is 0.910. The summed E-state index contributed by atoms with van der Waals surface area (Å²) in [4.78, 5) is 23.7. The highest BCUT2D eigenvalue weighted by Gasteiger charge is 2.23. The van der Waals surface area contributed by atoms with Gasteiger partial charge in [-0.1, -0.05) is 36.4 Å². The van der Waals surface area contributed by atoms with Gasteiger partial charge in [-0.05, 0) is 30.2 Å². The number of hydrogen-bond donors (Lipinski definition) is 2. The monoisotopic (exact) mass is 310 g/mol. The molecule has 1 heterocycles. The first kappa shape index (κ1) is 15.1. The average molecular weight is 310 g/mol. The fourth-order valence-corrected chi connectivity index (χ4v) is 2.41. The molecular formula is C18H18N2O3. The molecule has 0 fully saturated rings. The fraction of sp³-hybridized carbons (Fsp3) is 0.222. The topological polar surface area (TPSA) is 67.4 Å². The summed E-state index contributed by atoms with van der Waals surface area (Å²) in [7, 11) is 0. The van der Waals surface area contributed by atoms with Gasteiger partial charge >= 0.3 is 0 Å². The fourth-order valence-electron chi connectivity index (χ4n) is 2.41. The second-order valence-electron chi connectivity index (χ2n) is 5.52. The molecule has 2 aromatic carbocycles. The van der Waals surface area contributed by atoms with Gasteiger partial charge < -0.3 is 15.4 Å². The Kier molecular flexibility index (Phi) is 4.28. The molecule has 0 bridgehead atoms. The molecule has 0 radical (unpaired) electrons. The number of ether oxygens (including phenoxy) is 1. The van der Waals surface area contributed by atoms with Gasteiger partial charge in [0.25, 0.3) is 5.91 Å². The van der Waals surface area contributed by atoms with Crippen LogP contribution >= 0.6 is 0 Å². The van der Waals surface area contributed by atoms with Crippen LogP contribution in [0.4, 0.5) is 5.69 Å². The summed E-state index contributed by atoms with van der Waals surface area (Å²) in [6.07, 6.45) is -0.242. The van der Waals surface area contributed by atoms with Crippen molar-refractivity contribution in [1.29, 1.82) is 0 Å². The Morgan fingerprint density at radius 1 is 1.17 bits per heavy atom. The van der Waals surface area contributed by atoms with Gasteiger partial charge in [-0.2, -0.15) is 0 Å². The van der Waals surface area contributed by atoms with Gasteiger partial charge in [0, 0.05) is 6.54 Å². The molecule has 2 aromatic rings. The molecule has 5 heteroatoms. The molecule has 5 nitrogen and oxygen atoms in total. The number of nitrogens with one attached hydrogen (secondary N) is 2. The minimum Gasteiger partial charge on any atom is -0.479 e.